The maximum Gasteiger partial charge on any atom is 0.193 e. The van der Waals surface area contributed by atoms with E-state index in [-0.39, 0.29) is 17.3 Å². The number of hydrogen-bond acceptors (Lipinski definition) is 3. The first-order valence-corrected chi connectivity index (χ1v) is 11.5. The number of ether oxygens (including phenoxy) is 2. The molecule has 0 aliphatic carbocycles. The molecule has 1 aromatic carbocycles. The van der Waals surface area contributed by atoms with Gasteiger partial charge in [-0.1, -0.05) is 31.5 Å². The summed E-state index contributed by atoms with van der Waals surface area (Å²) in [4.78, 5) is 7.20. The van der Waals surface area contributed by atoms with Crippen LogP contribution in [-0.2, 0) is 14.9 Å². The first-order chi connectivity index (χ1) is 14.4. The lowest BCUT2D eigenvalue weighted by atomic mass is 9.84. The average molecular weight is 440 g/mol. The molecule has 0 amide bonds. The molecule has 2 aliphatic heterocycles. The van der Waals surface area contributed by atoms with Crippen LogP contribution in [0.2, 0.25) is 5.02 Å². The van der Waals surface area contributed by atoms with Gasteiger partial charge in [0, 0.05) is 36.7 Å². The number of guanidine groups is 1. The molecule has 2 fully saturated rings. The highest BCUT2D eigenvalue weighted by molar-refractivity contribution is 6.31. The highest BCUT2D eigenvalue weighted by atomic mass is 35.5. The van der Waals surface area contributed by atoms with Gasteiger partial charge in [-0.05, 0) is 50.3 Å². The standard InChI is InChI=1S/C23H35ClFN3O2/c1-4-26-22(27-16-23(2,3)20-8-7-17(25)14-21(20)24)28-11-9-18(10-12-28)30-15-19-6-5-13-29-19/h7-8,14,18-19H,4-6,9-13,15-16H2,1-3H3,(H,26,27). The van der Waals surface area contributed by atoms with E-state index < -0.39 is 0 Å². The van der Waals surface area contributed by atoms with Crippen molar-refractivity contribution in [2.75, 3.05) is 39.4 Å². The Balaban J connectivity index is 1.56. The Bertz CT molecular complexity index is 714. The van der Waals surface area contributed by atoms with E-state index in [2.05, 4.69) is 31.0 Å². The number of rotatable bonds is 7. The van der Waals surface area contributed by atoms with Gasteiger partial charge in [-0.2, -0.15) is 0 Å². The lowest BCUT2D eigenvalue weighted by molar-refractivity contribution is -0.0367. The van der Waals surface area contributed by atoms with Crippen molar-refractivity contribution in [2.24, 2.45) is 4.99 Å². The van der Waals surface area contributed by atoms with Crippen LogP contribution < -0.4 is 5.32 Å². The minimum absolute atomic E-state index is 0.280. The fraction of sp³-hybridized carbons (Fsp3) is 0.696. The zero-order valence-electron chi connectivity index (χ0n) is 18.4. The van der Waals surface area contributed by atoms with E-state index >= 15 is 0 Å². The van der Waals surface area contributed by atoms with E-state index in [1.807, 2.05) is 0 Å². The Morgan fingerprint density at radius 3 is 2.73 bits per heavy atom. The molecule has 5 nitrogen and oxygen atoms in total. The number of hydrogen-bond donors (Lipinski definition) is 1. The van der Waals surface area contributed by atoms with Gasteiger partial charge in [-0.3, -0.25) is 4.99 Å². The van der Waals surface area contributed by atoms with Gasteiger partial charge in [0.1, 0.15) is 5.82 Å². The topological polar surface area (TPSA) is 46.1 Å². The average Bonchev–Trinajstić information content (AvgIpc) is 3.23. The van der Waals surface area contributed by atoms with Crippen LogP contribution in [0.1, 0.15) is 52.0 Å². The van der Waals surface area contributed by atoms with Crippen molar-refractivity contribution in [3.63, 3.8) is 0 Å². The van der Waals surface area contributed by atoms with Crippen LogP contribution in [0.15, 0.2) is 23.2 Å². The second-order valence-corrected chi connectivity index (χ2v) is 9.24. The van der Waals surface area contributed by atoms with Crippen LogP contribution in [0.25, 0.3) is 0 Å². The number of nitrogens with one attached hydrogen (secondary N) is 1. The van der Waals surface area contributed by atoms with Crippen molar-refractivity contribution in [3.05, 3.63) is 34.6 Å². The second kappa shape index (κ2) is 10.8. The molecule has 30 heavy (non-hydrogen) atoms. The first-order valence-electron chi connectivity index (χ1n) is 11.1. The number of aliphatic imine (C=N–C) groups is 1. The minimum atomic E-state index is -0.319. The molecular formula is C23H35ClFN3O2. The quantitative estimate of drug-likeness (QED) is 0.505. The second-order valence-electron chi connectivity index (χ2n) is 8.83. The van der Waals surface area contributed by atoms with Crippen LogP contribution in [-0.4, -0.2) is 62.5 Å². The maximum atomic E-state index is 13.4. The van der Waals surface area contributed by atoms with Crippen LogP contribution in [0.4, 0.5) is 4.39 Å². The predicted molar refractivity (Wildman–Crippen MR) is 120 cm³/mol. The van der Waals surface area contributed by atoms with E-state index in [1.165, 1.54) is 12.1 Å². The Morgan fingerprint density at radius 2 is 2.10 bits per heavy atom. The normalized spacial score (nSPS) is 21.3. The van der Waals surface area contributed by atoms with Gasteiger partial charge in [0.05, 0.1) is 25.4 Å². The fourth-order valence-electron chi connectivity index (χ4n) is 4.08. The molecule has 1 aromatic rings. The van der Waals surface area contributed by atoms with E-state index in [0.717, 1.165) is 63.4 Å². The number of nitrogens with zero attached hydrogens (tertiary/aromatic N) is 2. The zero-order valence-corrected chi connectivity index (χ0v) is 19.2. The lowest BCUT2D eigenvalue weighted by Gasteiger charge is -2.35. The fourth-order valence-corrected chi connectivity index (χ4v) is 4.50. The van der Waals surface area contributed by atoms with E-state index in [4.69, 9.17) is 26.1 Å². The zero-order chi connectivity index (χ0) is 21.6. The third kappa shape index (κ3) is 6.32. The molecule has 1 N–H and O–H groups in total. The molecule has 7 heteroatoms. The van der Waals surface area contributed by atoms with Gasteiger partial charge in [0.25, 0.3) is 0 Å². The summed E-state index contributed by atoms with van der Waals surface area (Å²) in [5.41, 5.74) is 0.611. The molecule has 0 saturated carbocycles. The third-order valence-corrected chi connectivity index (χ3v) is 6.22. The molecule has 1 atom stereocenters. The summed E-state index contributed by atoms with van der Waals surface area (Å²) >= 11 is 6.29. The SMILES string of the molecule is CCNC(=NCC(C)(C)c1ccc(F)cc1Cl)N1CCC(OCC2CCCO2)CC1. The van der Waals surface area contributed by atoms with E-state index in [1.54, 1.807) is 6.07 Å². The van der Waals surface area contributed by atoms with Crippen molar-refractivity contribution >= 4 is 17.6 Å². The third-order valence-electron chi connectivity index (χ3n) is 5.90. The Labute approximate surface area is 185 Å². The summed E-state index contributed by atoms with van der Waals surface area (Å²) in [7, 11) is 0. The summed E-state index contributed by atoms with van der Waals surface area (Å²) in [5.74, 6) is 0.599. The molecule has 3 rings (SSSR count). The molecular weight excluding hydrogens is 405 g/mol. The van der Waals surface area contributed by atoms with Gasteiger partial charge in [0.15, 0.2) is 5.96 Å². The highest BCUT2D eigenvalue weighted by Crippen LogP contribution is 2.31. The summed E-state index contributed by atoms with van der Waals surface area (Å²) in [6.07, 6.45) is 4.82. The van der Waals surface area contributed by atoms with Crippen molar-refractivity contribution in [2.45, 2.75) is 64.1 Å². The minimum Gasteiger partial charge on any atom is -0.376 e. The van der Waals surface area contributed by atoms with Crippen LogP contribution in [0.3, 0.4) is 0 Å². The van der Waals surface area contributed by atoms with Gasteiger partial charge in [-0.15, -0.1) is 0 Å². The molecule has 2 heterocycles. The largest absolute Gasteiger partial charge is 0.376 e. The number of benzene rings is 1. The van der Waals surface area contributed by atoms with Crippen molar-refractivity contribution < 1.29 is 13.9 Å². The molecule has 0 radical (unpaired) electrons. The molecule has 168 valence electrons. The maximum absolute atomic E-state index is 13.4. The molecule has 0 bridgehead atoms. The van der Waals surface area contributed by atoms with Crippen LogP contribution in [0.5, 0.6) is 0 Å². The predicted octanol–water partition coefficient (Wildman–Crippen LogP) is 4.38. The van der Waals surface area contributed by atoms with Gasteiger partial charge < -0.3 is 19.7 Å². The molecule has 0 spiro atoms. The number of piperidine rings is 1. The van der Waals surface area contributed by atoms with Crippen molar-refractivity contribution in [3.8, 4) is 0 Å². The lowest BCUT2D eigenvalue weighted by Crippen LogP contribution is -2.47. The monoisotopic (exact) mass is 439 g/mol. The first kappa shape index (κ1) is 23.3. The van der Waals surface area contributed by atoms with Gasteiger partial charge in [-0.25, -0.2) is 4.39 Å². The smallest absolute Gasteiger partial charge is 0.193 e. The van der Waals surface area contributed by atoms with Crippen molar-refractivity contribution in [1.29, 1.82) is 0 Å². The molecule has 0 aromatic heterocycles. The van der Waals surface area contributed by atoms with Gasteiger partial charge >= 0.3 is 0 Å². The Morgan fingerprint density at radius 1 is 1.33 bits per heavy atom. The number of halogens is 2. The Kier molecular flexibility index (Phi) is 8.37. The van der Waals surface area contributed by atoms with E-state index in [0.29, 0.717) is 24.3 Å². The van der Waals surface area contributed by atoms with Crippen molar-refractivity contribution in [1.82, 2.24) is 10.2 Å². The van der Waals surface area contributed by atoms with Crippen LogP contribution in [0, 0.1) is 5.82 Å². The molecule has 2 saturated heterocycles. The van der Waals surface area contributed by atoms with Crippen LogP contribution >= 0.6 is 11.6 Å². The summed E-state index contributed by atoms with van der Waals surface area (Å²) in [6, 6.07) is 4.59. The number of likely N-dealkylation sites (tertiary alicyclic amines) is 1. The van der Waals surface area contributed by atoms with Gasteiger partial charge in [0.2, 0.25) is 0 Å². The summed E-state index contributed by atoms with van der Waals surface area (Å²) in [5, 5.41) is 3.86. The Hall–Kier alpha value is -1.37. The summed E-state index contributed by atoms with van der Waals surface area (Å²) < 4.78 is 25.2. The highest BCUT2D eigenvalue weighted by Gasteiger charge is 2.27. The van der Waals surface area contributed by atoms with E-state index in [9.17, 15) is 4.39 Å². The summed E-state index contributed by atoms with van der Waals surface area (Å²) in [6.45, 7) is 11.0. The molecule has 1 unspecified atom stereocenters. The molecule has 2 aliphatic rings.